The zero-order valence-electron chi connectivity index (χ0n) is 8.83. The third-order valence-corrected chi connectivity index (χ3v) is 2.89. The highest BCUT2D eigenvalue weighted by Crippen LogP contribution is 2.24. The second-order valence-electron chi connectivity index (χ2n) is 4.50. The minimum Gasteiger partial charge on any atom is -0.390 e. The first-order valence-corrected chi connectivity index (χ1v) is 5.46. The SMILES string of the molecule is CC(C)C(O)COCC1CCCC1. The van der Waals surface area contributed by atoms with Crippen LogP contribution in [0.25, 0.3) is 0 Å². The van der Waals surface area contributed by atoms with Crippen LogP contribution in [-0.2, 0) is 4.74 Å². The van der Waals surface area contributed by atoms with E-state index >= 15 is 0 Å². The average Bonchev–Trinajstić information content (AvgIpc) is 2.56. The van der Waals surface area contributed by atoms with Gasteiger partial charge in [0.15, 0.2) is 0 Å². The first-order valence-electron chi connectivity index (χ1n) is 5.46. The van der Waals surface area contributed by atoms with Crippen molar-refractivity contribution < 1.29 is 9.84 Å². The molecule has 1 N–H and O–H groups in total. The Bertz CT molecular complexity index is 126. The number of hydrogen-bond donors (Lipinski definition) is 1. The minimum atomic E-state index is -0.290. The van der Waals surface area contributed by atoms with E-state index in [2.05, 4.69) is 0 Å². The van der Waals surface area contributed by atoms with E-state index < -0.39 is 0 Å². The lowest BCUT2D eigenvalue weighted by molar-refractivity contribution is 0.00143. The molecule has 1 aliphatic carbocycles. The van der Waals surface area contributed by atoms with Gasteiger partial charge in [0.1, 0.15) is 0 Å². The summed E-state index contributed by atoms with van der Waals surface area (Å²) in [4.78, 5) is 0. The van der Waals surface area contributed by atoms with Crippen molar-refractivity contribution in [1.29, 1.82) is 0 Å². The van der Waals surface area contributed by atoms with E-state index in [4.69, 9.17) is 4.74 Å². The van der Waals surface area contributed by atoms with Crippen LogP contribution < -0.4 is 0 Å². The first kappa shape index (κ1) is 11.0. The Balaban J connectivity index is 1.99. The summed E-state index contributed by atoms with van der Waals surface area (Å²) in [5, 5.41) is 9.48. The molecule has 0 amide bonds. The van der Waals surface area contributed by atoms with Crippen LogP contribution in [0.3, 0.4) is 0 Å². The molecule has 0 aromatic rings. The van der Waals surface area contributed by atoms with E-state index in [1.807, 2.05) is 13.8 Å². The van der Waals surface area contributed by atoms with Gasteiger partial charge in [-0.2, -0.15) is 0 Å². The molecular weight excluding hydrogens is 164 g/mol. The van der Waals surface area contributed by atoms with Crippen LogP contribution in [0.15, 0.2) is 0 Å². The lowest BCUT2D eigenvalue weighted by Gasteiger charge is -2.16. The summed E-state index contributed by atoms with van der Waals surface area (Å²) in [7, 11) is 0. The van der Waals surface area contributed by atoms with Gasteiger partial charge in [-0.15, -0.1) is 0 Å². The molecule has 0 spiro atoms. The number of hydrogen-bond acceptors (Lipinski definition) is 2. The molecule has 0 bridgehead atoms. The molecule has 0 heterocycles. The van der Waals surface area contributed by atoms with Crippen molar-refractivity contribution in [2.24, 2.45) is 11.8 Å². The van der Waals surface area contributed by atoms with Gasteiger partial charge in [0, 0.05) is 6.61 Å². The van der Waals surface area contributed by atoms with E-state index in [9.17, 15) is 5.11 Å². The van der Waals surface area contributed by atoms with Crippen LogP contribution in [-0.4, -0.2) is 24.4 Å². The summed E-state index contributed by atoms with van der Waals surface area (Å²) in [6.45, 7) is 5.39. The van der Waals surface area contributed by atoms with Gasteiger partial charge in [-0.1, -0.05) is 26.7 Å². The summed E-state index contributed by atoms with van der Waals surface area (Å²) >= 11 is 0. The summed E-state index contributed by atoms with van der Waals surface area (Å²) in [5.41, 5.74) is 0. The van der Waals surface area contributed by atoms with Gasteiger partial charge in [-0.3, -0.25) is 0 Å². The fourth-order valence-corrected chi connectivity index (χ4v) is 1.72. The highest BCUT2D eigenvalue weighted by atomic mass is 16.5. The smallest absolute Gasteiger partial charge is 0.0796 e. The summed E-state index contributed by atoms with van der Waals surface area (Å²) in [6, 6.07) is 0. The van der Waals surface area contributed by atoms with Gasteiger partial charge in [0.05, 0.1) is 12.7 Å². The van der Waals surface area contributed by atoms with E-state index in [0.717, 1.165) is 12.5 Å². The van der Waals surface area contributed by atoms with Crippen molar-refractivity contribution in [2.75, 3.05) is 13.2 Å². The molecular formula is C11H22O2. The van der Waals surface area contributed by atoms with Crippen molar-refractivity contribution >= 4 is 0 Å². The zero-order chi connectivity index (χ0) is 9.68. The molecule has 1 unspecified atom stereocenters. The normalized spacial score (nSPS) is 21.2. The van der Waals surface area contributed by atoms with Gasteiger partial charge in [0.2, 0.25) is 0 Å². The van der Waals surface area contributed by atoms with Gasteiger partial charge in [0.25, 0.3) is 0 Å². The third-order valence-electron chi connectivity index (χ3n) is 2.89. The van der Waals surface area contributed by atoms with Crippen LogP contribution in [0, 0.1) is 11.8 Å². The Hall–Kier alpha value is -0.0800. The molecule has 1 atom stereocenters. The summed E-state index contributed by atoms with van der Waals surface area (Å²) in [6.07, 6.45) is 5.07. The van der Waals surface area contributed by atoms with E-state index in [0.29, 0.717) is 12.5 Å². The molecule has 1 aliphatic rings. The lowest BCUT2D eigenvalue weighted by Crippen LogP contribution is -2.23. The quantitative estimate of drug-likeness (QED) is 0.713. The predicted octanol–water partition coefficient (Wildman–Crippen LogP) is 2.21. The predicted molar refractivity (Wildman–Crippen MR) is 53.6 cm³/mol. The molecule has 0 aromatic heterocycles. The van der Waals surface area contributed by atoms with Crippen LogP contribution in [0.5, 0.6) is 0 Å². The summed E-state index contributed by atoms with van der Waals surface area (Å²) < 4.78 is 5.49. The van der Waals surface area contributed by atoms with Crippen LogP contribution in [0.2, 0.25) is 0 Å². The highest BCUT2D eigenvalue weighted by Gasteiger charge is 2.16. The Kier molecular flexibility index (Phi) is 4.74. The van der Waals surface area contributed by atoms with E-state index in [1.165, 1.54) is 25.7 Å². The molecule has 1 rings (SSSR count). The van der Waals surface area contributed by atoms with Crippen LogP contribution >= 0.6 is 0 Å². The molecule has 1 saturated carbocycles. The summed E-state index contributed by atoms with van der Waals surface area (Å²) in [5.74, 6) is 1.07. The van der Waals surface area contributed by atoms with E-state index in [-0.39, 0.29) is 6.10 Å². The van der Waals surface area contributed by atoms with Crippen LogP contribution in [0.1, 0.15) is 39.5 Å². The Morgan fingerprint density at radius 3 is 2.46 bits per heavy atom. The maximum atomic E-state index is 9.48. The third kappa shape index (κ3) is 4.10. The monoisotopic (exact) mass is 186 g/mol. The largest absolute Gasteiger partial charge is 0.390 e. The Labute approximate surface area is 81.3 Å². The Morgan fingerprint density at radius 1 is 1.31 bits per heavy atom. The lowest BCUT2D eigenvalue weighted by atomic mass is 10.1. The molecule has 0 radical (unpaired) electrons. The first-order chi connectivity index (χ1) is 6.20. The topological polar surface area (TPSA) is 29.5 Å². The number of aliphatic hydroxyl groups excluding tert-OH is 1. The molecule has 0 saturated heterocycles. The Morgan fingerprint density at radius 2 is 1.92 bits per heavy atom. The number of rotatable bonds is 5. The fraction of sp³-hybridized carbons (Fsp3) is 1.00. The second kappa shape index (κ2) is 5.61. The highest BCUT2D eigenvalue weighted by molar-refractivity contribution is 4.67. The molecule has 2 nitrogen and oxygen atoms in total. The van der Waals surface area contributed by atoms with Crippen molar-refractivity contribution in [2.45, 2.75) is 45.6 Å². The van der Waals surface area contributed by atoms with Crippen molar-refractivity contribution in [3.05, 3.63) is 0 Å². The minimum absolute atomic E-state index is 0.290. The standard InChI is InChI=1S/C11H22O2/c1-9(2)11(12)8-13-7-10-5-3-4-6-10/h9-12H,3-8H2,1-2H3. The zero-order valence-corrected chi connectivity index (χ0v) is 8.83. The second-order valence-corrected chi connectivity index (χ2v) is 4.50. The van der Waals surface area contributed by atoms with Crippen LogP contribution in [0.4, 0.5) is 0 Å². The molecule has 0 aliphatic heterocycles. The number of ether oxygens (including phenoxy) is 1. The fourth-order valence-electron chi connectivity index (χ4n) is 1.72. The van der Waals surface area contributed by atoms with Crippen molar-refractivity contribution in [1.82, 2.24) is 0 Å². The maximum absolute atomic E-state index is 9.48. The molecule has 0 aromatic carbocycles. The number of aliphatic hydroxyl groups is 1. The van der Waals surface area contributed by atoms with Crippen molar-refractivity contribution in [3.8, 4) is 0 Å². The van der Waals surface area contributed by atoms with Gasteiger partial charge in [-0.25, -0.2) is 0 Å². The van der Waals surface area contributed by atoms with Gasteiger partial charge in [-0.05, 0) is 24.7 Å². The molecule has 13 heavy (non-hydrogen) atoms. The molecule has 1 fully saturated rings. The average molecular weight is 186 g/mol. The maximum Gasteiger partial charge on any atom is 0.0796 e. The van der Waals surface area contributed by atoms with E-state index in [1.54, 1.807) is 0 Å². The van der Waals surface area contributed by atoms with Gasteiger partial charge >= 0.3 is 0 Å². The molecule has 78 valence electrons. The molecule has 2 heteroatoms. The van der Waals surface area contributed by atoms with Crippen molar-refractivity contribution in [3.63, 3.8) is 0 Å². The van der Waals surface area contributed by atoms with Gasteiger partial charge < -0.3 is 9.84 Å².